The van der Waals surface area contributed by atoms with Gasteiger partial charge in [-0.25, -0.2) is 4.98 Å². The Morgan fingerprint density at radius 2 is 1.63 bits per heavy atom. The van der Waals surface area contributed by atoms with Crippen LogP contribution in [0.5, 0.6) is 0 Å². The summed E-state index contributed by atoms with van der Waals surface area (Å²) in [4.78, 5) is 19.5. The number of rotatable bonds is 9. The number of anilines is 2. The highest BCUT2D eigenvalue weighted by atomic mass is 32.2. The van der Waals surface area contributed by atoms with Crippen molar-refractivity contribution < 1.29 is 4.79 Å². The van der Waals surface area contributed by atoms with Crippen molar-refractivity contribution in [2.45, 2.75) is 37.6 Å². The fourth-order valence-electron chi connectivity index (χ4n) is 3.11. The van der Waals surface area contributed by atoms with Gasteiger partial charge in [0.15, 0.2) is 0 Å². The van der Waals surface area contributed by atoms with Crippen LogP contribution in [-0.4, -0.2) is 16.6 Å². The van der Waals surface area contributed by atoms with Gasteiger partial charge in [0.05, 0.1) is 5.56 Å². The van der Waals surface area contributed by atoms with E-state index in [0.717, 1.165) is 36.3 Å². The van der Waals surface area contributed by atoms with Gasteiger partial charge in [-0.15, -0.1) is 11.8 Å². The van der Waals surface area contributed by atoms with Crippen molar-refractivity contribution in [3.63, 3.8) is 0 Å². The number of thioether (sulfide) groups is 1. The Morgan fingerprint density at radius 3 is 2.20 bits per heavy atom. The molecule has 1 heterocycles. The maximum absolute atomic E-state index is 13.1. The molecule has 0 unspecified atom stereocenters. The SMILES string of the molecule is CCCCc1ccc(C#N)c(SCCC(=O)N(c2ccccc2)c2ccccc2)n1. The summed E-state index contributed by atoms with van der Waals surface area (Å²) in [6.07, 6.45) is 3.43. The zero-order valence-corrected chi connectivity index (χ0v) is 17.9. The molecular weight excluding hydrogens is 390 g/mol. The summed E-state index contributed by atoms with van der Waals surface area (Å²) in [5.74, 6) is 0.578. The minimum Gasteiger partial charge on any atom is -0.281 e. The first-order valence-corrected chi connectivity index (χ1v) is 11.2. The van der Waals surface area contributed by atoms with Gasteiger partial charge in [-0.1, -0.05) is 49.7 Å². The van der Waals surface area contributed by atoms with Gasteiger partial charge in [-0.2, -0.15) is 5.26 Å². The van der Waals surface area contributed by atoms with Crippen LogP contribution >= 0.6 is 11.8 Å². The number of para-hydroxylation sites is 2. The van der Waals surface area contributed by atoms with Crippen molar-refractivity contribution in [1.82, 2.24) is 4.98 Å². The van der Waals surface area contributed by atoms with Crippen LogP contribution in [0.1, 0.15) is 37.4 Å². The lowest BCUT2D eigenvalue weighted by molar-refractivity contribution is -0.117. The molecule has 0 fully saturated rings. The third-order valence-electron chi connectivity index (χ3n) is 4.66. The Bertz CT molecular complexity index is 960. The molecule has 1 amide bonds. The summed E-state index contributed by atoms with van der Waals surface area (Å²) in [6, 6.07) is 25.3. The van der Waals surface area contributed by atoms with Gasteiger partial charge in [-0.05, 0) is 49.2 Å². The van der Waals surface area contributed by atoms with E-state index in [1.807, 2.05) is 72.8 Å². The molecule has 152 valence electrons. The molecule has 0 aliphatic rings. The maximum Gasteiger partial charge on any atom is 0.232 e. The lowest BCUT2D eigenvalue weighted by Crippen LogP contribution is -2.26. The van der Waals surface area contributed by atoms with Gasteiger partial charge in [-0.3, -0.25) is 9.69 Å². The molecule has 5 heteroatoms. The van der Waals surface area contributed by atoms with Gasteiger partial charge in [0, 0.05) is 29.2 Å². The Labute approximate surface area is 182 Å². The third-order valence-corrected chi connectivity index (χ3v) is 5.65. The molecule has 0 radical (unpaired) electrons. The van der Waals surface area contributed by atoms with Crippen LogP contribution in [0.25, 0.3) is 0 Å². The van der Waals surface area contributed by atoms with Crippen LogP contribution < -0.4 is 4.90 Å². The van der Waals surface area contributed by atoms with Gasteiger partial charge >= 0.3 is 0 Å². The number of hydrogen-bond donors (Lipinski definition) is 0. The number of aromatic nitrogens is 1. The zero-order chi connectivity index (χ0) is 21.2. The van der Waals surface area contributed by atoms with E-state index >= 15 is 0 Å². The van der Waals surface area contributed by atoms with Crippen LogP contribution in [0.15, 0.2) is 77.8 Å². The molecule has 0 spiro atoms. The number of benzene rings is 2. The van der Waals surface area contributed by atoms with E-state index < -0.39 is 0 Å². The van der Waals surface area contributed by atoms with Crippen molar-refractivity contribution in [3.8, 4) is 6.07 Å². The number of hydrogen-bond acceptors (Lipinski definition) is 4. The summed E-state index contributed by atoms with van der Waals surface area (Å²) in [7, 11) is 0. The van der Waals surface area contributed by atoms with E-state index in [-0.39, 0.29) is 5.91 Å². The highest BCUT2D eigenvalue weighted by Gasteiger charge is 2.18. The lowest BCUT2D eigenvalue weighted by atomic mass is 10.2. The molecule has 0 bridgehead atoms. The molecule has 0 aliphatic carbocycles. The van der Waals surface area contributed by atoms with Crippen molar-refractivity contribution in [2.24, 2.45) is 0 Å². The van der Waals surface area contributed by atoms with Crippen LogP contribution in [0.3, 0.4) is 0 Å². The smallest absolute Gasteiger partial charge is 0.232 e. The second kappa shape index (κ2) is 11.2. The number of carbonyl (C=O) groups is 1. The van der Waals surface area contributed by atoms with Crippen LogP contribution in [0.2, 0.25) is 0 Å². The number of carbonyl (C=O) groups excluding carboxylic acids is 1. The summed E-state index contributed by atoms with van der Waals surface area (Å²) < 4.78 is 0. The van der Waals surface area contributed by atoms with Crippen LogP contribution in [0, 0.1) is 11.3 Å². The summed E-state index contributed by atoms with van der Waals surface area (Å²) >= 11 is 1.47. The van der Waals surface area contributed by atoms with Crippen molar-refractivity contribution in [1.29, 1.82) is 5.26 Å². The molecule has 0 saturated carbocycles. The number of unbranched alkanes of at least 4 members (excludes halogenated alkanes) is 1. The topological polar surface area (TPSA) is 57.0 Å². The standard InChI is InChI=1S/C25H25N3OS/c1-2-3-10-21-16-15-20(19-26)25(27-21)30-18-17-24(29)28(22-11-6-4-7-12-22)23-13-8-5-9-14-23/h4-9,11-16H,2-3,10,17-18H2,1H3. The van der Waals surface area contributed by atoms with E-state index in [1.165, 1.54) is 11.8 Å². The monoisotopic (exact) mass is 415 g/mol. The molecule has 3 rings (SSSR count). The molecule has 1 aromatic heterocycles. The Hall–Kier alpha value is -3.10. The third kappa shape index (κ3) is 5.71. The zero-order valence-electron chi connectivity index (χ0n) is 17.1. The average molecular weight is 416 g/mol. The predicted molar refractivity (Wildman–Crippen MR) is 123 cm³/mol. The highest BCUT2D eigenvalue weighted by Crippen LogP contribution is 2.27. The van der Waals surface area contributed by atoms with Gasteiger partial charge in [0.2, 0.25) is 5.91 Å². The first-order chi connectivity index (χ1) is 14.7. The molecule has 0 saturated heterocycles. The largest absolute Gasteiger partial charge is 0.281 e. The fraction of sp³-hybridized carbons (Fsp3) is 0.240. The number of nitriles is 1. The minimum atomic E-state index is 0.0144. The van der Waals surface area contributed by atoms with Gasteiger partial charge in [0.1, 0.15) is 11.1 Å². The van der Waals surface area contributed by atoms with E-state index in [2.05, 4.69) is 18.0 Å². The van der Waals surface area contributed by atoms with E-state index in [0.29, 0.717) is 22.8 Å². The van der Waals surface area contributed by atoms with E-state index in [9.17, 15) is 10.1 Å². The lowest BCUT2D eigenvalue weighted by Gasteiger charge is -2.23. The molecule has 4 nitrogen and oxygen atoms in total. The molecule has 0 N–H and O–H groups in total. The fourth-order valence-corrected chi connectivity index (χ4v) is 4.03. The molecule has 2 aromatic carbocycles. The second-order valence-electron chi connectivity index (χ2n) is 6.87. The van der Waals surface area contributed by atoms with E-state index in [1.54, 1.807) is 4.90 Å². The number of pyridine rings is 1. The summed E-state index contributed by atoms with van der Waals surface area (Å²) in [6.45, 7) is 2.15. The van der Waals surface area contributed by atoms with Gasteiger partial charge in [0.25, 0.3) is 0 Å². The van der Waals surface area contributed by atoms with Crippen LogP contribution in [-0.2, 0) is 11.2 Å². The Morgan fingerprint density at radius 1 is 1.00 bits per heavy atom. The number of amides is 1. The average Bonchev–Trinajstić information content (AvgIpc) is 2.79. The first-order valence-electron chi connectivity index (χ1n) is 10.2. The Kier molecular flexibility index (Phi) is 8.05. The summed E-state index contributed by atoms with van der Waals surface area (Å²) in [5.41, 5.74) is 3.25. The number of aryl methyl sites for hydroxylation is 1. The van der Waals surface area contributed by atoms with Gasteiger partial charge < -0.3 is 0 Å². The minimum absolute atomic E-state index is 0.0144. The van der Waals surface area contributed by atoms with Crippen molar-refractivity contribution in [2.75, 3.05) is 10.7 Å². The second-order valence-corrected chi connectivity index (χ2v) is 7.95. The molecule has 3 aromatic rings. The molecule has 0 atom stereocenters. The summed E-state index contributed by atoms with van der Waals surface area (Å²) in [5, 5.41) is 10.1. The maximum atomic E-state index is 13.1. The normalized spacial score (nSPS) is 10.4. The van der Waals surface area contributed by atoms with Crippen molar-refractivity contribution >= 4 is 29.0 Å². The van der Waals surface area contributed by atoms with Crippen molar-refractivity contribution in [3.05, 3.63) is 84.1 Å². The quantitative estimate of drug-likeness (QED) is 0.394. The first kappa shape index (κ1) is 21.6. The van der Waals surface area contributed by atoms with Crippen LogP contribution in [0.4, 0.5) is 11.4 Å². The molecule has 30 heavy (non-hydrogen) atoms. The number of nitrogens with zero attached hydrogens (tertiary/aromatic N) is 3. The molecular formula is C25H25N3OS. The highest BCUT2D eigenvalue weighted by molar-refractivity contribution is 7.99. The molecule has 0 aliphatic heterocycles. The predicted octanol–water partition coefficient (Wildman–Crippen LogP) is 6.14. The Balaban J connectivity index is 1.71. The van der Waals surface area contributed by atoms with E-state index in [4.69, 9.17) is 0 Å².